The molecule has 1 unspecified atom stereocenters. The fraction of sp³-hybridized carbons (Fsp3) is 0.833. The van der Waals surface area contributed by atoms with Gasteiger partial charge in [-0.3, -0.25) is 14.5 Å². The number of carbonyl (C=O) groups excluding carboxylic acids is 2. The van der Waals surface area contributed by atoms with Crippen LogP contribution in [0.15, 0.2) is 0 Å². The topological polar surface area (TPSA) is 64.7 Å². The second-order valence-electron chi connectivity index (χ2n) is 5.22. The van der Waals surface area contributed by atoms with Gasteiger partial charge >= 0.3 is 6.18 Å². The minimum absolute atomic E-state index is 0. The predicted molar refractivity (Wildman–Crippen MR) is 83.6 cm³/mol. The number of alkyl halides is 3. The Labute approximate surface area is 142 Å². The number of rotatable bonds is 5. The molecule has 2 fully saturated rings. The molecule has 0 aliphatic carbocycles. The molecule has 134 valence electrons. The Hall–Kier alpha value is -0.710. The molecule has 2 rings (SSSR count). The molecular weight excluding hydrogens is 357 g/mol. The van der Waals surface area contributed by atoms with Gasteiger partial charge < -0.3 is 15.5 Å². The van der Waals surface area contributed by atoms with Gasteiger partial charge in [-0.1, -0.05) is 0 Å². The van der Waals surface area contributed by atoms with Gasteiger partial charge in [0.2, 0.25) is 11.8 Å². The summed E-state index contributed by atoms with van der Waals surface area (Å²) < 4.78 is 39.4. The first-order valence-corrected chi connectivity index (χ1v) is 8.17. The molecule has 0 spiro atoms. The van der Waals surface area contributed by atoms with Crippen LogP contribution in [-0.4, -0.2) is 84.7 Å². The maximum absolute atomic E-state index is 13.1. The number of thioether (sulfide) groups is 1. The van der Waals surface area contributed by atoms with Crippen LogP contribution in [0.4, 0.5) is 13.2 Å². The second kappa shape index (κ2) is 8.95. The molecule has 2 N–H and O–H groups in total. The Morgan fingerprint density at radius 1 is 1.35 bits per heavy atom. The van der Waals surface area contributed by atoms with Gasteiger partial charge in [0.25, 0.3) is 0 Å². The molecule has 0 bridgehead atoms. The fourth-order valence-electron chi connectivity index (χ4n) is 2.43. The van der Waals surface area contributed by atoms with Crippen LogP contribution in [0.2, 0.25) is 0 Å². The minimum atomic E-state index is -4.40. The molecule has 2 saturated heterocycles. The summed E-state index contributed by atoms with van der Waals surface area (Å²) in [6, 6.07) is -1.69. The molecule has 11 heteroatoms. The van der Waals surface area contributed by atoms with Crippen LogP contribution in [0.5, 0.6) is 0 Å². The highest BCUT2D eigenvalue weighted by molar-refractivity contribution is 8.00. The third-order valence-corrected chi connectivity index (χ3v) is 4.57. The number of hydrogen-bond donors (Lipinski definition) is 2. The lowest BCUT2D eigenvalue weighted by atomic mass is 10.2. The summed E-state index contributed by atoms with van der Waals surface area (Å²) in [5, 5.41) is 5.31. The van der Waals surface area contributed by atoms with Crippen LogP contribution >= 0.6 is 24.2 Å². The molecule has 0 aromatic rings. The maximum Gasteiger partial charge on any atom is 0.405 e. The SMILES string of the molecule is Cl.O=C(CN1CSCC1=O)NCC(N1CCNCC1)C(F)(F)F. The van der Waals surface area contributed by atoms with Crippen LogP contribution in [0.3, 0.4) is 0 Å². The number of nitrogens with zero attached hydrogens (tertiary/aromatic N) is 2. The van der Waals surface area contributed by atoms with Crippen LogP contribution in [0.1, 0.15) is 0 Å². The van der Waals surface area contributed by atoms with Gasteiger partial charge in [-0.05, 0) is 0 Å². The van der Waals surface area contributed by atoms with Crippen molar-refractivity contribution < 1.29 is 22.8 Å². The van der Waals surface area contributed by atoms with E-state index in [1.807, 2.05) is 0 Å². The Morgan fingerprint density at radius 3 is 2.52 bits per heavy atom. The van der Waals surface area contributed by atoms with Crippen molar-refractivity contribution in [1.29, 1.82) is 0 Å². The summed E-state index contributed by atoms with van der Waals surface area (Å²) in [4.78, 5) is 25.8. The summed E-state index contributed by atoms with van der Waals surface area (Å²) in [5.74, 6) is 0.0151. The van der Waals surface area contributed by atoms with E-state index in [1.165, 1.54) is 21.6 Å². The average molecular weight is 377 g/mol. The monoisotopic (exact) mass is 376 g/mol. The number of halogens is 4. The molecule has 0 radical (unpaired) electrons. The first-order valence-electron chi connectivity index (χ1n) is 7.01. The van der Waals surface area contributed by atoms with E-state index in [0.717, 1.165) is 0 Å². The molecule has 0 aromatic heterocycles. The van der Waals surface area contributed by atoms with Gasteiger partial charge in [-0.2, -0.15) is 13.2 Å². The van der Waals surface area contributed by atoms with E-state index in [4.69, 9.17) is 0 Å². The van der Waals surface area contributed by atoms with Crippen molar-refractivity contribution in [1.82, 2.24) is 20.4 Å². The molecule has 0 aromatic carbocycles. The molecule has 2 heterocycles. The zero-order valence-corrected chi connectivity index (χ0v) is 14.0. The summed E-state index contributed by atoms with van der Waals surface area (Å²) >= 11 is 1.38. The number of hydrogen-bond acceptors (Lipinski definition) is 5. The van der Waals surface area contributed by atoms with E-state index in [2.05, 4.69) is 10.6 Å². The van der Waals surface area contributed by atoms with Crippen LogP contribution in [-0.2, 0) is 9.59 Å². The Morgan fingerprint density at radius 2 is 2.00 bits per heavy atom. The van der Waals surface area contributed by atoms with Crippen LogP contribution in [0, 0.1) is 0 Å². The van der Waals surface area contributed by atoms with Crippen LogP contribution in [0.25, 0.3) is 0 Å². The zero-order chi connectivity index (χ0) is 16.2. The van der Waals surface area contributed by atoms with Gasteiger partial charge in [0.1, 0.15) is 12.6 Å². The van der Waals surface area contributed by atoms with E-state index >= 15 is 0 Å². The molecule has 1 atom stereocenters. The fourth-order valence-corrected chi connectivity index (χ4v) is 3.33. The lowest BCUT2D eigenvalue weighted by Crippen LogP contribution is -2.58. The molecule has 2 aliphatic heterocycles. The van der Waals surface area contributed by atoms with Crippen molar-refractivity contribution in [2.75, 3.05) is 50.9 Å². The molecular formula is C12H20ClF3N4O2S. The summed E-state index contributed by atoms with van der Waals surface area (Å²) in [6.45, 7) is 0.915. The Bertz CT molecular complexity index is 422. The van der Waals surface area contributed by atoms with Crippen molar-refractivity contribution in [3.8, 4) is 0 Å². The highest BCUT2D eigenvalue weighted by atomic mass is 35.5. The smallest absolute Gasteiger partial charge is 0.353 e. The van der Waals surface area contributed by atoms with E-state index in [0.29, 0.717) is 37.8 Å². The highest BCUT2D eigenvalue weighted by Gasteiger charge is 2.43. The second-order valence-corrected chi connectivity index (χ2v) is 6.17. The Balaban J connectivity index is 0.00000264. The number of nitrogens with one attached hydrogen (secondary N) is 2. The third kappa shape index (κ3) is 6.02. The van der Waals surface area contributed by atoms with Crippen molar-refractivity contribution in [3.63, 3.8) is 0 Å². The first-order chi connectivity index (χ1) is 10.4. The van der Waals surface area contributed by atoms with Crippen LogP contribution < -0.4 is 10.6 Å². The average Bonchev–Trinajstić information content (AvgIpc) is 2.84. The molecule has 2 aliphatic rings. The summed E-state index contributed by atoms with van der Waals surface area (Å²) in [7, 11) is 0. The molecule has 2 amide bonds. The van der Waals surface area contributed by atoms with Gasteiger partial charge in [0, 0.05) is 32.7 Å². The van der Waals surface area contributed by atoms with Gasteiger partial charge in [0.05, 0.1) is 11.6 Å². The molecule has 0 saturated carbocycles. The van der Waals surface area contributed by atoms with Crippen molar-refractivity contribution in [3.05, 3.63) is 0 Å². The summed E-state index contributed by atoms with van der Waals surface area (Å²) in [6.07, 6.45) is -4.40. The summed E-state index contributed by atoms with van der Waals surface area (Å²) in [5.41, 5.74) is 0. The number of carbonyl (C=O) groups is 2. The zero-order valence-electron chi connectivity index (χ0n) is 12.4. The predicted octanol–water partition coefficient (Wildman–Crippen LogP) is -0.107. The minimum Gasteiger partial charge on any atom is -0.353 e. The highest BCUT2D eigenvalue weighted by Crippen LogP contribution is 2.24. The first kappa shape index (κ1) is 20.3. The van der Waals surface area contributed by atoms with E-state index in [1.54, 1.807) is 0 Å². The number of amides is 2. The van der Waals surface area contributed by atoms with E-state index < -0.39 is 24.7 Å². The molecule has 6 nitrogen and oxygen atoms in total. The van der Waals surface area contributed by atoms with Gasteiger partial charge in [-0.25, -0.2) is 0 Å². The lowest BCUT2D eigenvalue weighted by molar-refractivity contribution is -0.184. The van der Waals surface area contributed by atoms with Crippen molar-refractivity contribution >= 4 is 36.0 Å². The Kier molecular flexibility index (Phi) is 7.91. The largest absolute Gasteiger partial charge is 0.405 e. The standard InChI is InChI=1S/C12H19F3N4O2S.ClH/c13-12(14,15)9(18-3-1-16-2-4-18)5-17-10(20)6-19-8-22-7-11(19)21;/h9,16H,1-8H2,(H,17,20);1H. The normalized spacial score (nSPS) is 21.0. The van der Waals surface area contributed by atoms with E-state index in [9.17, 15) is 22.8 Å². The number of piperazine rings is 1. The quantitative estimate of drug-likeness (QED) is 0.701. The molecule has 23 heavy (non-hydrogen) atoms. The van der Waals surface area contributed by atoms with E-state index in [-0.39, 0.29) is 24.9 Å². The third-order valence-electron chi connectivity index (χ3n) is 3.62. The van der Waals surface area contributed by atoms with Crippen molar-refractivity contribution in [2.24, 2.45) is 0 Å². The van der Waals surface area contributed by atoms with Gasteiger partial charge in [0.15, 0.2) is 0 Å². The maximum atomic E-state index is 13.1. The van der Waals surface area contributed by atoms with Gasteiger partial charge in [-0.15, -0.1) is 24.2 Å². The lowest BCUT2D eigenvalue weighted by Gasteiger charge is -2.36. The van der Waals surface area contributed by atoms with Crippen molar-refractivity contribution in [2.45, 2.75) is 12.2 Å².